The second kappa shape index (κ2) is 4.96. The predicted octanol–water partition coefficient (Wildman–Crippen LogP) is 2.78. The molecule has 2 unspecified atom stereocenters. The van der Waals surface area contributed by atoms with Crippen molar-refractivity contribution in [2.24, 2.45) is 5.73 Å². The first kappa shape index (κ1) is 12.7. The average molecular weight is 280 g/mol. The van der Waals surface area contributed by atoms with E-state index in [1.165, 1.54) is 0 Å². The number of halogens is 1. The molecule has 1 fully saturated rings. The Hall–Kier alpha value is -1.36. The number of carbonyl (C=O) groups is 1. The van der Waals surface area contributed by atoms with Gasteiger partial charge < -0.3 is 14.9 Å². The Morgan fingerprint density at radius 2 is 2.21 bits per heavy atom. The van der Waals surface area contributed by atoms with Crippen molar-refractivity contribution >= 4 is 28.4 Å². The van der Waals surface area contributed by atoms with Crippen molar-refractivity contribution in [2.45, 2.75) is 25.0 Å². The number of furan rings is 1. The average Bonchev–Trinajstić information content (AvgIpc) is 3.03. The number of hydrogen-bond donors (Lipinski definition) is 1. The monoisotopic (exact) mass is 279 g/mol. The minimum atomic E-state index is -0.440. The molecule has 0 bridgehead atoms. The van der Waals surface area contributed by atoms with E-state index in [1.807, 2.05) is 0 Å². The van der Waals surface area contributed by atoms with Crippen LogP contribution in [0.3, 0.4) is 0 Å². The number of Topliss-reactive ketones (excluding diaryl/α,β-unsaturated/α-hetero) is 1. The molecule has 0 aliphatic carbocycles. The van der Waals surface area contributed by atoms with Crippen LogP contribution in [0.4, 0.5) is 0 Å². The minimum absolute atomic E-state index is 0.0206. The molecule has 19 heavy (non-hydrogen) atoms. The third-order valence-corrected chi connectivity index (χ3v) is 3.62. The highest BCUT2D eigenvalue weighted by Crippen LogP contribution is 2.27. The number of hydrogen-bond acceptors (Lipinski definition) is 4. The summed E-state index contributed by atoms with van der Waals surface area (Å²) in [5.41, 5.74) is 6.19. The lowest BCUT2D eigenvalue weighted by atomic mass is 10.1. The smallest absolute Gasteiger partial charge is 0.226 e. The van der Waals surface area contributed by atoms with E-state index in [0.29, 0.717) is 29.3 Å². The highest BCUT2D eigenvalue weighted by molar-refractivity contribution is 6.31. The number of ketones is 1. The van der Waals surface area contributed by atoms with E-state index in [0.717, 1.165) is 11.8 Å². The van der Waals surface area contributed by atoms with Gasteiger partial charge in [0.2, 0.25) is 5.78 Å². The molecule has 1 aliphatic heterocycles. The SMILES string of the molecule is NCC1CCC(C(=O)c2cc3cc(Cl)ccc3o2)O1. The number of carbonyl (C=O) groups excluding carboxylic acids is 1. The van der Waals surface area contributed by atoms with Crippen LogP contribution in [-0.2, 0) is 4.74 Å². The number of ether oxygens (including phenoxy) is 1. The molecule has 1 aliphatic rings. The van der Waals surface area contributed by atoms with Crippen LogP contribution in [0, 0.1) is 0 Å². The fraction of sp³-hybridized carbons (Fsp3) is 0.357. The van der Waals surface area contributed by atoms with E-state index >= 15 is 0 Å². The van der Waals surface area contributed by atoms with E-state index in [4.69, 9.17) is 26.5 Å². The second-order valence-corrected chi connectivity index (χ2v) is 5.15. The van der Waals surface area contributed by atoms with Crippen molar-refractivity contribution in [2.75, 3.05) is 6.54 Å². The van der Waals surface area contributed by atoms with Crippen LogP contribution in [-0.4, -0.2) is 24.5 Å². The fourth-order valence-corrected chi connectivity index (χ4v) is 2.55. The predicted molar refractivity (Wildman–Crippen MR) is 72.5 cm³/mol. The standard InChI is InChI=1S/C14H14ClNO3/c15-9-1-3-11-8(5-9)6-13(19-11)14(17)12-4-2-10(7-16)18-12/h1,3,5-6,10,12H,2,4,7,16H2. The van der Waals surface area contributed by atoms with Gasteiger partial charge in [0, 0.05) is 17.0 Å². The summed E-state index contributed by atoms with van der Waals surface area (Å²) < 4.78 is 11.1. The van der Waals surface area contributed by atoms with Crippen molar-refractivity contribution in [1.29, 1.82) is 0 Å². The molecule has 3 rings (SSSR count). The molecule has 0 saturated carbocycles. The van der Waals surface area contributed by atoms with Crippen molar-refractivity contribution in [3.8, 4) is 0 Å². The number of benzene rings is 1. The lowest BCUT2D eigenvalue weighted by molar-refractivity contribution is 0.0385. The van der Waals surface area contributed by atoms with E-state index in [9.17, 15) is 4.79 Å². The van der Waals surface area contributed by atoms with Crippen LogP contribution >= 0.6 is 11.6 Å². The molecular weight excluding hydrogens is 266 g/mol. The van der Waals surface area contributed by atoms with Crippen molar-refractivity contribution in [3.63, 3.8) is 0 Å². The van der Waals surface area contributed by atoms with Gasteiger partial charge in [-0.15, -0.1) is 0 Å². The summed E-state index contributed by atoms with van der Waals surface area (Å²) in [6.07, 6.45) is 1.05. The molecule has 2 heterocycles. The molecule has 4 nitrogen and oxygen atoms in total. The molecule has 1 saturated heterocycles. The summed E-state index contributed by atoms with van der Waals surface area (Å²) in [5.74, 6) is 0.197. The molecule has 0 spiro atoms. The first-order valence-electron chi connectivity index (χ1n) is 6.26. The van der Waals surface area contributed by atoms with Crippen LogP contribution in [0.5, 0.6) is 0 Å². The molecule has 1 aromatic heterocycles. The number of nitrogens with two attached hydrogens (primary N) is 1. The molecule has 0 amide bonds. The third kappa shape index (κ3) is 2.39. The van der Waals surface area contributed by atoms with Gasteiger partial charge in [0.25, 0.3) is 0 Å². The van der Waals surface area contributed by atoms with Gasteiger partial charge in [-0.2, -0.15) is 0 Å². The topological polar surface area (TPSA) is 65.5 Å². The first-order valence-corrected chi connectivity index (χ1v) is 6.64. The van der Waals surface area contributed by atoms with Gasteiger partial charge in [-0.25, -0.2) is 0 Å². The van der Waals surface area contributed by atoms with Crippen LogP contribution in [0.1, 0.15) is 23.4 Å². The van der Waals surface area contributed by atoms with E-state index in [2.05, 4.69) is 0 Å². The van der Waals surface area contributed by atoms with Crippen LogP contribution in [0.15, 0.2) is 28.7 Å². The van der Waals surface area contributed by atoms with Gasteiger partial charge in [0.15, 0.2) is 5.76 Å². The lowest BCUT2D eigenvalue weighted by Gasteiger charge is -2.09. The maximum atomic E-state index is 12.3. The molecule has 2 aromatic rings. The van der Waals surface area contributed by atoms with Crippen LogP contribution < -0.4 is 5.73 Å². The van der Waals surface area contributed by atoms with Gasteiger partial charge in [-0.1, -0.05) is 11.6 Å². The maximum absolute atomic E-state index is 12.3. The number of fused-ring (bicyclic) bond motifs is 1. The van der Waals surface area contributed by atoms with E-state index < -0.39 is 6.10 Å². The summed E-state index contributed by atoms with van der Waals surface area (Å²) in [4.78, 5) is 12.3. The van der Waals surface area contributed by atoms with Crippen molar-refractivity contribution < 1.29 is 13.9 Å². The Morgan fingerprint density at radius 3 is 2.95 bits per heavy atom. The normalized spacial score (nSPS) is 23.1. The Balaban J connectivity index is 1.86. The van der Waals surface area contributed by atoms with Gasteiger partial charge in [0.05, 0.1) is 6.10 Å². The first-order chi connectivity index (χ1) is 9.17. The molecule has 2 atom stereocenters. The summed E-state index contributed by atoms with van der Waals surface area (Å²) in [7, 11) is 0. The Kier molecular flexibility index (Phi) is 3.31. The second-order valence-electron chi connectivity index (χ2n) is 4.72. The molecule has 0 radical (unpaired) electrons. The van der Waals surface area contributed by atoms with E-state index in [-0.39, 0.29) is 11.9 Å². The van der Waals surface area contributed by atoms with Gasteiger partial charge in [0.1, 0.15) is 11.7 Å². The third-order valence-electron chi connectivity index (χ3n) is 3.38. The molecule has 5 heteroatoms. The summed E-state index contributed by atoms with van der Waals surface area (Å²) in [6, 6.07) is 6.98. The summed E-state index contributed by atoms with van der Waals surface area (Å²) in [5, 5.41) is 1.44. The maximum Gasteiger partial charge on any atom is 0.226 e. The fourth-order valence-electron chi connectivity index (χ4n) is 2.37. The molecule has 100 valence electrons. The van der Waals surface area contributed by atoms with Crippen molar-refractivity contribution in [3.05, 3.63) is 35.0 Å². The zero-order chi connectivity index (χ0) is 13.4. The zero-order valence-corrected chi connectivity index (χ0v) is 11.0. The Labute approximate surface area is 115 Å². The molecule has 1 aromatic carbocycles. The highest BCUT2D eigenvalue weighted by atomic mass is 35.5. The van der Waals surface area contributed by atoms with Gasteiger partial charge in [-0.3, -0.25) is 4.79 Å². The lowest BCUT2D eigenvalue weighted by Crippen LogP contribution is -2.24. The number of rotatable bonds is 3. The molecular formula is C14H14ClNO3. The van der Waals surface area contributed by atoms with Crippen LogP contribution in [0.25, 0.3) is 11.0 Å². The minimum Gasteiger partial charge on any atom is -0.453 e. The molecule has 2 N–H and O–H groups in total. The Bertz CT molecular complexity index is 622. The summed E-state index contributed by atoms with van der Waals surface area (Å²) >= 11 is 5.91. The largest absolute Gasteiger partial charge is 0.453 e. The van der Waals surface area contributed by atoms with Crippen LogP contribution in [0.2, 0.25) is 5.02 Å². The zero-order valence-electron chi connectivity index (χ0n) is 10.3. The van der Waals surface area contributed by atoms with Crippen molar-refractivity contribution in [1.82, 2.24) is 0 Å². The van der Waals surface area contributed by atoms with Gasteiger partial charge >= 0.3 is 0 Å². The highest BCUT2D eigenvalue weighted by Gasteiger charge is 2.32. The van der Waals surface area contributed by atoms with E-state index in [1.54, 1.807) is 24.3 Å². The van der Waals surface area contributed by atoms with Gasteiger partial charge in [-0.05, 0) is 37.1 Å². The Morgan fingerprint density at radius 1 is 1.37 bits per heavy atom. The summed E-state index contributed by atoms with van der Waals surface area (Å²) in [6.45, 7) is 0.444. The quantitative estimate of drug-likeness (QED) is 0.878.